The summed E-state index contributed by atoms with van der Waals surface area (Å²) in [5, 5.41) is 19.2. The van der Waals surface area contributed by atoms with E-state index in [1.54, 1.807) is 4.57 Å². The van der Waals surface area contributed by atoms with Crippen LogP contribution in [0.3, 0.4) is 0 Å². The zero-order chi connectivity index (χ0) is 19.5. The molecule has 0 amide bonds. The van der Waals surface area contributed by atoms with Crippen molar-refractivity contribution < 1.29 is 19.7 Å². The predicted molar refractivity (Wildman–Crippen MR) is 100 cm³/mol. The van der Waals surface area contributed by atoms with E-state index in [0.29, 0.717) is 17.6 Å². The fourth-order valence-electron chi connectivity index (χ4n) is 3.01. The summed E-state index contributed by atoms with van der Waals surface area (Å²) in [6, 6.07) is 9.35. The topological polar surface area (TPSA) is 129 Å². The zero-order valence-electron chi connectivity index (χ0n) is 14.9. The smallest absolute Gasteiger partial charge is 0.209 e. The molecule has 2 aromatic heterocycles. The number of imidazole rings is 1. The SMILES string of the molecule is Nc1nc(C#CCOc2ccccc2)nc2c1ncn2[C@H]1C[C@H](O)[C@@H](CO)O1. The van der Waals surface area contributed by atoms with Gasteiger partial charge in [0.15, 0.2) is 11.5 Å². The van der Waals surface area contributed by atoms with E-state index in [-0.39, 0.29) is 24.9 Å². The minimum atomic E-state index is -0.763. The number of nitrogens with zero attached hydrogens (tertiary/aromatic N) is 4. The highest BCUT2D eigenvalue weighted by Gasteiger charge is 2.35. The van der Waals surface area contributed by atoms with Crippen molar-refractivity contribution in [2.24, 2.45) is 0 Å². The first-order valence-corrected chi connectivity index (χ1v) is 8.77. The molecule has 1 fully saturated rings. The van der Waals surface area contributed by atoms with E-state index in [1.165, 1.54) is 6.33 Å². The Morgan fingerprint density at radius 1 is 1.29 bits per heavy atom. The Labute approximate surface area is 160 Å². The minimum Gasteiger partial charge on any atom is -0.481 e. The molecule has 0 spiro atoms. The molecule has 1 saturated heterocycles. The van der Waals surface area contributed by atoms with Crippen molar-refractivity contribution in [3.8, 4) is 17.6 Å². The number of anilines is 1. The molecule has 3 heterocycles. The molecule has 3 aromatic rings. The number of rotatable bonds is 4. The number of ether oxygens (including phenoxy) is 2. The lowest BCUT2D eigenvalue weighted by atomic mass is 10.2. The number of aliphatic hydroxyl groups is 2. The van der Waals surface area contributed by atoms with Crippen LogP contribution >= 0.6 is 0 Å². The van der Waals surface area contributed by atoms with Gasteiger partial charge < -0.3 is 25.4 Å². The third kappa shape index (κ3) is 3.61. The Morgan fingerprint density at radius 2 is 2.11 bits per heavy atom. The molecule has 1 aromatic carbocycles. The van der Waals surface area contributed by atoms with E-state index in [1.807, 2.05) is 30.3 Å². The van der Waals surface area contributed by atoms with Gasteiger partial charge in [0.1, 0.15) is 30.2 Å². The Kier molecular flexibility index (Phi) is 5.08. The van der Waals surface area contributed by atoms with Crippen molar-refractivity contribution in [2.75, 3.05) is 18.9 Å². The van der Waals surface area contributed by atoms with E-state index in [4.69, 9.17) is 15.2 Å². The van der Waals surface area contributed by atoms with Crippen LogP contribution in [0.4, 0.5) is 5.82 Å². The Morgan fingerprint density at radius 3 is 2.86 bits per heavy atom. The highest BCUT2D eigenvalue weighted by Crippen LogP contribution is 2.31. The lowest BCUT2D eigenvalue weighted by Gasteiger charge is -2.13. The maximum absolute atomic E-state index is 9.96. The van der Waals surface area contributed by atoms with E-state index in [2.05, 4.69) is 26.8 Å². The van der Waals surface area contributed by atoms with Gasteiger partial charge in [-0.05, 0) is 18.1 Å². The number of hydrogen-bond acceptors (Lipinski definition) is 8. The van der Waals surface area contributed by atoms with Crippen LogP contribution in [0.15, 0.2) is 36.7 Å². The summed E-state index contributed by atoms with van der Waals surface area (Å²) in [7, 11) is 0. The molecule has 1 aliphatic rings. The number of hydrogen-bond donors (Lipinski definition) is 3. The van der Waals surface area contributed by atoms with Crippen molar-refractivity contribution in [3.63, 3.8) is 0 Å². The third-order valence-corrected chi connectivity index (χ3v) is 4.40. The molecule has 0 aliphatic carbocycles. The van der Waals surface area contributed by atoms with Crippen LogP contribution in [0.25, 0.3) is 11.2 Å². The average Bonchev–Trinajstić information content (AvgIpc) is 3.29. The quantitative estimate of drug-likeness (QED) is 0.557. The van der Waals surface area contributed by atoms with Crippen LogP contribution < -0.4 is 10.5 Å². The average molecular weight is 381 g/mol. The second kappa shape index (κ2) is 7.82. The molecule has 4 N–H and O–H groups in total. The first-order valence-electron chi connectivity index (χ1n) is 8.77. The molecule has 144 valence electrons. The number of fused-ring (bicyclic) bond motifs is 1. The van der Waals surface area contributed by atoms with Crippen LogP contribution in [0.2, 0.25) is 0 Å². The monoisotopic (exact) mass is 381 g/mol. The van der Waals surface area contributed by atoms with Gasteiger partial charge in [0.2, 0.25) is 5.82 Å². The van der Waals surface area contributed by atoms with Crippen LogP contribution in [0.5, 0.6) is 5.75 Å². The van der Waals surface area contributed by atoms with Gasteiger partial charge >= 0.3 is 0 Å². The van der Waals surface area contributed by atoms with Gasteiger partial charge in [-0.15, -0.1) is 0 Å². The van der Waals surface area contributed by atoms with Crippen LogP contribution in [-0.4, -0.2) is 55.2 Å². The Balaban J connectivity index is 1.55. The second-order valence-corrected chi connectivity index (χ2v) is 6.27. The maximum atomic E-state index is 9.96. The first kappa shape index (κ1) is 18.2. The summed E-state index contributed by atoms with van der Waals surface area (Å²) < 4.78 is 12.9. The van der Waals surface area contributed by atoms with Crippen LogP contribution in [0.1, 0.15) is 18.5 Å². The number of aliphatic hydroxyl groups excluding tert-OH is 2. The molecule has 0 saturated carbocycles. The first-order chi connectivity index (χ1) is 13.7. The van der Waals surface area contributed by atoms with E-state index >= 15 is 0 Å². The zero-order valence-corrected chi connectivity index (χ0v) is 14.9. The third-order valence-electron chi connectivity index (χ3n) is 4.40. The van der Waals surface area contributed by atoms with Crippen molar-refractivity contribution in [1.29, 1.82) is 0 Å². The molecule has 0 bridgehead atoms. The lowest BCUT2D eigenvalue weighted by molar-refractivity contribution is -0.0432. The van der Waals surface area contributed by atoms with Gasteiger partial charge in [-0.2, -0.15) is 0 Å². The fraction of sp³-hybridized carbons (Fsp3) is 0.316. The summed E-state index contributed by atoms with van der Waals surface area (Å²) in [5.41, 5.74) is 6.87. The van der Waals surface area contributed by atoms with Crippen molar-refractivity contribution in [3.05, 3.63) is 42.5 Å². The molecule has 4 rings (SSSR count). The minimum absolute atomic E-state index is 0.181. The summed E-state index contributed by atoms with van der Waals surface area (Å²) in [5.74, 6) is 6.86. The van der Waals surface area contributed by atoms with Gasteiger partial charge in [0.05, 0.1) is 19.0 Å². The Bertz CT molecular complexity index is 1030. The molecule has 0 radical (unpaired) electrons. The molecule has 0 unspecified atom stereocenters. The van der Waals surface area contributed by atoms with Crippen molar-refractivity contribution in [1.82, 2.24) is 19.5 Å². The van der Waals surface area contributed by atoms with Gasteiger partial charge in [0.25, 0.3) is 0 Å². The normalized spacial score (nSPS) is 21.4. The molecule has 9 nitrogen and oxygen atoms in total. The summed E-state index contributed by atoms with van der Waals surface area (Å²) in [4.78, 5) is 12.8. The molecule has 3 atom stereocenters. The van der Waals surface area contributed by atoms with Gasteiger partial charge in [0, 0.05) is 6.42 Å². The highest BCUT2D eigenvalue weighted by molar-refractivity contribution is 5.82. The summed E-state index contributed by atoms with van der Waals surface area (Å²) in [6.45, 7) is -0.0831. The highest BCUT2D eigenvalue weighted by atomic mass is 16.5. The number of benzene rings is 1. The second-order valence-electron chi connectivity index (χ2n) is 6.27. The van der Waals surface area contributed by atoms with Gasteiger partial charge in [-0.1, -0.05) is 24.1 Å². The van der Waals surface area contributed by atoms with Crippen molar-refractivity contribution >= 4 is 17.0 Å². The molecule has 9 heteroatoms. The maximum Gasteiger partial charge on any atom is 0.209 e. The molecular weight excluding hydrogens is 362 g/mol. The van der Waals surface area contributed by atoms with E-state index < -0.39 is 18.4 Å². The van der Waals surface area contributed by atoms with E-state index in [9.17, 15) is 10.2 Å². The Hall–Kier alpha value is -3.19. The van der Waals surface area contributed by atoms with E-state index in [0.717, 1.165) is 5.75 Å². The number of nitrogen functional groups attached to an aromatic ring is 1. The van der Waals surface area contributed by atoms with Gasteiger partial charge in [-0.3, -0.25) is 4.57 Å². The number of nitrogens with two attached hydrogens (primary N) is 1. The van der Waals surface area contributed by atoms with Crippen molar-refractivity contribution in [2.45, 2.75) is 24.9 Å². The standard InChI is InChI=1S/C19H19N5O4/c20-18-17-19(24(11-21-17)16-9-13(26)14(10-25)28-16)23-15(22-18)7-4-8-27-12-5-2-1-3-6-12/h1-3,5-6,11,13-14,16,25-26H,8-10H2,(H2,20,22,23)/t13-,14+,16+/m0/s1. The van der Waals surface area contributed by atoms with Crippen LogP contribution in [0, 0.1) is 11.8 Å². The number of aromatic nitrogens is 4. The predicted octanol–water partition coefficient (Wildman–Crippen LogP) is 0.480. The molecular formula is C19H19N5O4. The van der Waals surface area contributed by atoms with Crippen LogP contribution in [-0.2, 0) is 4.74 Å². The summed E-state index contributed by atoms with van der Waals surface area (Å²) in [6.07, 6.45) is -0.0690. The summed E-state index contributed by atoms with van der Waals surface area (Å²) >= 11 is 0. The largest absolute Gasteiger partial charge is 0.481 e. The molecule has 28 heavy (non-hydrogen) atoms. The number of para-hydroxylation sites is 1. The molecule has 1 aliphatic heterocycles. The van der Waals surface area contributed by atoms with Gasteiger partial charge in [-0.25, -0.2) is 15.0 Å². The lowest BCUT2D eigenvalue weighted by Crippen LogP contribution is -2.24. The fourth-order valence-corrected chi connectivity index (χ4v) is 3.01.